The van der Waals surface area contributed by atoms with Crippen molar-refractivity contribution >= 4 is 28.9 Å². The molecule has 36 heavy (non-hydrogen) atoms. The number of piperazine rings is 1. The lowest BCUT2D eigenvalue weighted by atomic mass is 10.1. The average Bonchev–Trinajstić information content (AvgIpc) is 2.89. The molecule has 3 aromatic rings. The van der Waals surface area contributed by atoms with Gasteiger partial charge >= 0.3 is 0 Å². The number of carbonyl (C=O) groups excluding carboxylic acids is 1. The Hall–Kier alpha value is -3.51. The number of nitriles is 1. The van der Waals surface area contributed by atoms with E-state index < -0.39 is 0 Å². The number of anilines is 2. The molecule has 1 amide bonds. The van der Waals surface area contributed by atoms with Crippen molar-refractivity contribution in [3.8, 4) is 6.07 Å². The number of aromatic nitrogens is 2. The van der Waals surface area contributed by atoms with Gasteiger partial charge in [0.15, 0.2) is 5.69 Å². The predicted molar refractivity (Wildman–Crippen MR) is 142 cm³/mol. The quantitative estimate of drug-likeness (QED) is 0.432. The van der Waals surface area contributed by atoms with Crippen molar-refractivity contribution in [2.45, 2.75) is 19.4 Å². The third kappa shape index (κ3) is 7.25. The summed E-state index contributed by atoms with van der Waals surface area (Å²) in [4.78, 5) is 25.1. The van der Waals surface area contributed by atoms with E-state index in [1.165, 1.54) is 23.6 Å². The number of halogens is 1. The van der Waals surface area contributed by atoms with E-state index in [2.05, 4.69) is 61.7 Å². The third-order valence-corrected chi connectivity index (χ3v) is 6.56. The Morgan fingerprint density at radius 2 is 1.86 bits per heavy atom. The van der Waals surface area contributed by atoms with Crippen molar-refractivity contribution in [1.82, 2.24) is 20.2 Å². The van der Waals surface area contributed by atoms with E-state index in [9.17, 15) is 4.79 Å². The van der Waals surface area contributed by atoms with Gasteiger partial charge in [0.05, 0.1) is 24.5 Å². The molecule has 0 radical (unpaired) electrons. The lowest BCUT2D eigenvalue weighted by Crippen LogP contribution is -2.44. The summed E-state index contributed by atoms with van der Waals surface area (Å²) in [5, 5.41) is 15.7. The molecule has 1 aliphatic rings. The first-order valence-corrected chi connectivity index (χ1v) is 12.4. The Morgan fingerprint density at radius 3 is 2.53 bits per heavy atom. The molecule has 8 nitrogen and oxygen atoms in total. The molecule has 1 aliphatic heterocycles. The highest BCUT2D eigenvalue weighted by Gasteiger charge is 2.14. The van der Waals surface area contributed by atoms with E-state index in [4.69, 9.17) is 16.9 Å². The molecule has 0 saturated carbocycles. The van der Waals surface area contributed by atoms with Crippen LogP contribution in [0.15, 0.2) is 54.9 Å². The molecular formula is C27H30ClN7O. The van der Waals surface area contributed by atoms with Gasteiger partial charge < -0.3 is 20.4 Å². The van der Waals surface area contributed by atoms with Gasteiger partial charge in [0, 0.05) is 49.1 Å². The van der Waals surface area contributed by atoms with Gasteiger partial charge in [-0.2, -0.15) is 5.26 Å². The van der Waals surface area contributed by atoms with Crippen molar-refractivity contribution in [3.05, 3.63) is 82.4 Å². The number of nitrogens with one attached hydrogen (secondary N) is 2. The van der Waals surface area contributed by atoms with Crippen molar-refractivity contribution in [2.75, 3.05) is 50.0 Å². The summed E-state index contributed by atoms with van der Waals surface area (Å²) in [5.74, 6) is -0.224. The first-order valence-electron chi connectivity index (χ1n) is 12.0. The normalized spacial score (nSPS) is 13.9. The van der Waals surface area contributed by atoms with E-state index in [0.717, 1.165) is 51.3 Å². The highest BCUT2D eigenvalue weighted by molar-refractivity contribution is 6.31. The fraction of sp³-hybridized carbons (Fsp3) is 0.333. The third-order valence-electron chi connectivity index (χ3n) is 6.20. The van der Waals surface area contributed by atoms with Gasteiger partial charge in [0.2, 0.25) is 5.91 Å². The van der Waals surface area contributed by atoms with E-state index in [0.29, 0.717) is 16.4 Å². The van der Waals surface area contributed by atoms with Crippen LogP contribution >= 0.6 is 11.6 Å². The van der Waals surface area contributed by atoms with Crippen LogP contribution in [0.2, 0.25) is 5.02 Å². The highest BCUT2D eigenvalue weighted by Crippen LogP contribution is 2.22. The molecule has 2 heterocycles. The molecule has 0 aliphatic carbocycles. The van der Waals surface area contributed by atoms with Crippen LogP contribution in [0.3, 0.4) is 0 Å². The molecule has 1 saturated heterocycles. The molecule has 0 atom stereocenters. The monoisotopic (exact) mass is 503 g/mol. The largest absolute Gasteiger partial charge is 0.369 e. The summed E-state index contributed by atoms with van der Waals surface area (Å²) < 4.78 is 0. The maximum Gasteiger partial charge on any atom is 0.230 e. The van der Waals surface area contributed by atoms with Crippen LogP contribution in [0.25, 0.3) is 0 Å². The van der Waals surface area contributed by atoms with Gasteiger partial charge in [0.25, 0.3) is 0 Å². The molecule has 2 aromatic carbocycles. The minimum atomic E-state index is -0.224. The summed E-state index contributed by atoms with van der Waals surface area (Å²) in [5.41, 5.74) is 4.90. The van der Waals surface area contributed by atoms with Crippen LogP contribution in [0.5, 0.6) is 0 Å². The molecule has 186 valence electrons. The van der Waals surface area contributed by atoms with Gasteiger partial charge in [-0.25, -0.2) is 4.98 Å². The van der Waals surface area contributed by atoms with Gasteiger partial charge in [0.1, 0.15) is 6.07 Å². The maximum atomic E-state index is 12.3. The number of likely N-dealkylation sites (N-methyl/N-ethyl adjacent to an activating group) is 1. The van der Waals surface area contributed by atoms with Crippen molar-refractivity contribution < 1.29 is 4.79 Å². The Kier molecular flexibility index (Phi) is 8.85. The average molecular weight is 504 g/mol. The molecule has 2 N–H and O–H groups in total. The van der Waals surface area contributed by atoms with Crippen LogP contribution in [0, 0.1) is 11.3 Å². The molecule has 0 bridgehead atoms. The summed E-state index contributed by atoms with van der Waals surface area (Å²) in [7, 11) is 2.17. The Balaban J connectivity index is 1.20. The number of hydrogen-bond acceptors (Lipinski definition) is 7. The Bertz CT molecular complexity index is 1200. The maximum absolute atomic E-state index is 12.3. The zero-order chi connectivity index (χ0) is 25.3. The summed E-state index contributed by atoms with van der Waals surface area (Å²) in [6.07, 6.45) is 3.64. The number of nitrogens with zero attached hydrogens (tertiary/aromatic N) is 5. The van der Waals surface area contributed by atoms with Crippen LogP contribution < -0.4 is 15.5 Å². The first-order chi connectivity index (χ1) is 17.5. The van der Waals surface area contributed by atoms with Gasteiger partial charge in [-0.1, -0.05) is 29.8 Å². The van der Waals surface area contributed by atoms with Crippen LogP contribution in [0.4, 0.5) is 11.4 Å². The molecule has 9 heteroatoms. The van der Waals surface area contributed by atoms with Crippen LogP contribution in [-0.4, -0.2) is 60.5 Å². The zero-order valence-electron chi connectivity index (χ0n) is 20.4. The van der Waals surface area contributed by atoms with Crippen molar-refractivity contribution in [3.63, 3.8) is 0 Å². The highest BCUT2D eigenvalue weighted by atomic mass is 35.5. The minimum absolute atomic E-state index is 0.0678. The van der Waals surface area contributed by atoms with Crippen LogP contribution in [-0.2, 0) is 24.2 Å². The lowest BCUT2D eigenvalue weighted by molar-refractivity contribution is -0.115. The second-order valence-corrected chi connectivity index (χ2v) is 9.33. The second kappa shape index (κ2) is 12.5. The van der Waals surface area contributed by atoms with Gasteiger partial charge in [-0.15, -0.1) is 0 Å². The lowest BCUT2D eigenvalue weighted by Gasteiger charge is -2.34. The zero-order valence-corrected chi connectivity index (χ0v) is 21.1. The summed E-state index contributed by atoms with van der Waals surface area (Å²) in [6, 6.07) is 16.2. The number of rotatable bonds is 9. The molecule has 4 rings (SSSR count). The summed E-state index contributed by atoms with van der Waals surface area (Å²) in [6.45, 7) is 5.95. The Labute approximate surface area is 216 Å². The molecule has 0 spiro atoms. The first kappa shape index (κ1) is 25.6. The van der Waals surface area contributed by atoms with Gasteiger partial charge in [-0.3, -0.25) is 9.78 Å². The van der Waals surface area contributed by atoms with E-state index in [1.54, 1.807) is 6.07 Å². The standard InChI is InChI=1S/C27H30ClN7O/c1-34-10-12-35(13-11-34)25-6-2-20(3-7-25)17-30-9-8-21-4-5-22(14-26(21)28)33-27(36)15-23-18-32-24(16-29)19-31-23/h2-7,14,18-19,30H,8-13,15,17H2,1H3,(H,33,36). The number of carbonyl (C=O) groups is 1. The molecular weight excluding hydrogens is 474 g/mol. The van der Waals surface area contributed by atoms with Crippen molar-refractivity contribution in [2.24, 2.45) is 0 Å². The minimum Gasteiger partial charge on any atom is -0.369 e. The van der Waals surface area contributed by atoms with Crippen molar-refractivity contribution in [1.29, 1.82) is 5.26 Å². The van der Waals surface area contributed by atoms with Gasteiger partial charge in [-0.05, 0) is 55.4 Å². The fourth-order valence-electron chi connectivity index (χ4n) is 4.05. The SMILES string of the molecule is CN1CCN(c2ccc(CNCCc3ccc(NC(=O)Cc4cnc(C#N)cn4)cc3Cl)cc2)CC1. The number of amides is 1. The number of hydrogen-bond donors (Lipinski definition) is 2. The topological polar surface area (TPSA) is 97.2 Å². The van der Waals surface area contributed by atoms with E-state index in [1.807, 2.05) is 18.2 Å². The Morgan fingerprint density at radius 1 is 1.08 bits per heavy atom. The second-order valence-electron chi connectivity index (χ2n) is 8.92. The molecule has 0 unspecified atom stereocenters. The number of benzene rings is 2. The fourth-order valence-corrected chi connectivity index (χ4v) is 4.32. The predicted octanol–water partition coefficient (Wildman–Crippen LogP) is 3.27. The smallest absolute Gasteiger partial charge is 0.230 e. The van der Waals surface area contributed by atoms with Crippen LogP contribution in [0.1, 0.15) is 22.5 Å². The molecule has 1 fully saturated rings. The molecule has 1 aromatic heterocycles. The van der Waals surface area contributed by atoms with E-state index >= 15 is 0 Å². The van der Waals surface area contributed by atoms with E-state index in [-0.39, 0.29) is 18.0 Å². The summed E-state index contributed by atoms with van der Waals surface area (Å²) >= 11 is 6.46.